The first-order valence-corrected chi connectivity index (χ1v) is 8.92. The summed E-state index contributed by atoms with van der Waals surface area (Å²) >= 11 is 0. The monoisotopic (exact) mass is 350 g/mol. The van der Waals surface area contributed by atoms with E-state index in [2.05, 4.69) is 9.88 Å². The first-order valence-electron chi connectivity index (χ1n) is 8.92. The maximum atomic E-state index is 12.7. The summed E-state index contributed by atoms with van der Waals surface area (Å²) in [5.74, 6) is 0.983. The molecule has 3 aromatic rings. The number of carbonyl (C=O) groups excluding carboxylic acids is 1. The highest BCUT2D eigenvalue weighted by Gasteiger charge is 2.22. The van der Waals surface area contributed by atoms with Crippen molar-refractivity contribution in [3.63, 3.8) is 0 Å². The molecule has 134 valence electrons. The van der Waals surface area contributed by atoms with Gasteiger partial charge in [-0.3, -0.25) is 9.69 Å². The predicted octanol–water partition coefficient (Wildman–Crippen LogP) is 2.17. The molecule has 0 aliphatic carbocycles. The standard InChI is InChI=1S/C20H22N4O2/c25-20(17-6-7-19-21-8-9-24(19)16-17)23-12-10-22(11-13-23)14-15-26-18-4-2-1-3-5-18/h1-9,16H,10-15H2. The molecule has 6 heteroatoms. The van der Waals surface area contributed by atoms with Crippen LogP contribution in [0.1, 0.15) is 10.4 Å². The first kappa shape index (κ1) is 16.6. The first-order chi connectivity index (χ1) is 12.8. The fourth-order valence-corrected chi connectivity index (χ4v) is 3.21. The third-order valence-electron chi connectivity index (χ3n) is 4.71. The van der Waals surface area contributed by atoms with Crippen LogP contribution in [0.4, 0.5) is 0 Å². The van der Waals surface area contributed by atoms with E-state index in [0.29, 0.717) is 12.2 Å². The number of pyridine rings is 1. The number of para-hydroxylation sites is 1. The summed E-state index contributed by atoms with van der Waals surface area (Å²) in [5, 5.41) is 0. The number of aromatic nitrogens is 2. The fraction of sp³-hybridized carbons (Fsp3) is 0.300. The molecule has 4 rings (SSSR count). The van der Waals surface area contributed by atoms with Gasteiger partial charge in [-0.1, -0.05) is 18.2 Å². The van der Waals surface area contributed by atoms with E-state index in [0.717, 1.165) is 44.1 Å². The number of carbonyl (C=O) groups is 1. The lowest BCUT2D eigenvalue weighted by molar-refractivity contribution is 0.0620. The van der Waals surface area contributed by atoms with E-state index in [-0.39, 0.29) is 5.91 Å². The van der Waals surface area contributed by atoms with E-state index in [4.69, 9.17) is 4.74 Å². The molecule has 1 amide bonds. The van der Waals surface area contributed by atoms with E-state index in [9.17, 15) is 4.79 Å². The molecule has 0 atom stereocenters. The van der Waals surface area contributed by atoms with E-state index in [1.54, 1.807) is 6.20 Å². The summed E-state index contributed by atoms with van der Waals surface area (Å²) in [6.07, 6.45) is 5.45. The minimum absolute atomic E-state index is 0.0841. The second-order valence-electron chi connectivity index (χ2n) is 6.41. The lowest BCUT2D eigenvalue weighted by Gasteiger charge is -2.34. The van der Waals surface area contributed by atoms with Crippen molar-refractivity contribution in [2.75, 3.05) is 39.3 Å². The summed E-state index contributed by atoms with van der Waals surface area (Å²) < 4.78 is 7.63. The Morgan fingerprint density at radius 3 is 2.65 bits per heavy atom. The summed E-state index contributed by atoms with van der Waals surface area (Å²) in [4.78, 5) is 21.2. The number of ether oxygens (including phenoxy) is 1. The summed E-state index contributed by atoms with van der Waals surface area (Å²) in [5.41, 5.74) is 1.56. The molecule has 26 heavy (non-hydrogen) atoms. The van der Waals surface area contributed by atoms with Gasteiger partial charge in [-0.25, -0.2) is 4.98 Å². The van der Waals surface area contributed by atoms with Crippen LogP contribution < -0.4 is 4.74 Å². The smallest absolute Gasteiger partial charge is 0.255 e. The number of fused-ring (bicyclic) bond motifs is 1. The van der Waals surface area contributed by atoms with Crippen molar-refractivity contribution >= 4 is 11.6 Å². The van der Waals surface area contributed by atoms with Crippen LogP contribution in [0, 0.1) is 0 Å². The third-order valence-corrected chi connectivity index (χ3v) is 4.71. The summed E-state index contributed by atoms with van der Waals surface area (Å²) in [6.45, 7) is 4.76. The number of rotatable bonds is 5. The molecular formula is C20H22N4O2. The Labute approximate surface area is 152 Å². The van der Waals surface area contributed by atoms with Gasteiger partial charge >= 0.3 is 0 Å². The molecule has 0 N–H and O–H groups in total. The maximum Gasteiger partial charge on any atom is 0.255 e. The SMILES string of the molecule is O=C(c1ccc2nccn2c1)N1CCN(CCOc2ccccc2)CC1. The van der Waals surface area contributed by atoms with Crippen LogP contribution in [0.3, 0.4) is 0 Å². The molecule has 1 saturated heterocycles. The van der Waals surface area contributed by atoms with Crippen molar-refractivity contribution in [1.29, 1.82) is 0 Å². The normalized spacial score (nSPS) is 15.3. The van der Waals surface area contributed by atoms with Gasteiger partial charge in [0, 0.05) is 51.3 Å². The van der Waals surface area contributed by atoms with Gasteiger partial charge in [-0.05, 0) is 24.3 Å². The average molecular weight is 350 g/mol. The molecular weight excluding hydrogens is 328 g/mol. The maximum absolute atomic E-state index is 12.7. The van der Waals surface area contributed by atoms with Gasteiger partial charge in [0.05, 0.1) is 5.56 Å². The third kappa shape index (κ3) is 3.70. The van der Waals surface area contributed by atoms with E-state index in [1.807, 2.05) is 64.2 Å². The van der Waals surface area contributed by atoms with Gasteiger partial charge in [0.1, 0.15) is 18.0 Å². The molecule has 1 fully saturated rings. The van der Waals surface area contributed by atoms with Crippen LogP contribution in [0.15, 0.2) is 61.1 Å². The lowest BCUT2D eigenvalue weighted by Crippen LogP contribution is -2.49. The Morgan fingerprint density at radius 1 is 1.04 bits per heavy atom. The molecule has 0 bridgehead atoms. The Balaban J connectivity index is 1.27. The molecule has 6 nitrogen and oxygen atoms in total. The van der Waals surface area contributed by atoms with Crippen molar-refractivity contribution in [2.45, 2.75) is 0 Å². The number of nitrogens with zero attached hydrogens (tertiary/aromatic N) is 4. The average Bonchev–Trinajstić information content (AvgIpc) is 3.17. The van der Waals surface area contributed by atoms with Crippen LogP contribution in [-0.2, 0) is 0 Å². The number of benzene rings is 1. The van der Waals surface area contributed by atoms with Gasteiger partial charge in [0.25, 0.3) is 5.91 Å². The van der Waals surface area contributed by atoms with Crippen LogP contribution in [0.25, 0.3) is 5.65 Å². The highest BCUT2D eigenvalue weighted by atomic mass is 16.5. The van der Waals surface area contributed by atoms with Gasteiger partial charge in [-0.15, -0.1) is 0 Å². The number of imidazole rings is 1. The number of hydrogen-bond acceptors (Lipinski definition) is 4. The second-order valence-corrected chi connectivity index (χ2v) is 6.41. The zero-order valence-corrected chi connectivity index (χ0v) is 14.6. The number of amides is 1. The van der Waals surface area contributed by atoms with Gasteiger partial charge in [0.2, 0.25) is 0 Å². The molecule has 2 aromatic heterocycles. The Hall–Kier alpha value is -2.86. The topological polar surface area (TPSA) is 50.1 Å². The number of hydrogen-bond donors (Lipinski definition) is 0. The van der Waals surface area contributed by atoms with Crippen molar-refractivity contribution in [1.82, 2.24) is 19.2 Å². The lowest BCUT2D eigenvalue weighted by atomic mass is 10.2. The van der Waals surface area contributed by atoms with Crippen LogP contribution >= 0.6 is 0 Å². The van der Waals surface area contributed by atoms with Gasteiger partial charge < -0.3 is 14.0 Å². The Morgan fingerprint density at radius 2 is 1.85 bits per heavy atom. The molecule has 1 aromatic carbocycles. The molecule has 0 radical (unpaired) electrons. The molecule has 0 unspecified atom stereocenters. The zero-order valence-electron chi connectivity index (χ0n) is 14.6. The predicted molar refractivity (Wildman–Crippen MR) is 99.5 cm³/mol. The van der Waals surface area contributed by atoms with Crippen molar-refractivity contribution in [2.24, 2.45) is 0 Å². The van der Waals surface area contributed by atoms with E-state index in [1.165, 1.54) is 0 Å². The summed E-state index contributed by atoms with van der Waals surface area (Å²) in [7, 11) is 0. The second kappa shape index (κ2) is 7.58. The molecule has 1 aliphatic rings. The molecule has 1 aliphatic heterocycles. The van der Waals surface area contributed by atoms with Crippen molar-refractivity contribution in [3.8, 4) is 5.75 Å². The minimum atomic E-state index is 0.0841. The van der Waals surface area contributed by atoms with Crippen molar-refractivity contribution < 1.29 is 9.53 Å². The minimum Gasteiger partial charge on any atom is -0.492 e. The highest BCUT2D eigenvalue weighted by Crippen LogP contribution is 2.12. The quantitative estimate of drug-likeness (QED) is 0.708. The van der Waals surface area contributed by atoms with Gasteiger partial charge in [-0.2, -0.15) is 0 Å². The Bertz CT molecular complexity index is 870. The van der Waals surface area contributed by atoms with Gasteiger partial charge in [0.15, 0.2) is 0 Å². The largest absolute Gasteiger partial charge is 0.492 e. The molecule has 0 spiro atoms. The van der Waals surface area contributed by atoms with E-state index >= 15 is 0 Å². The molecule has 3 heterocycles. The van der Waals surface area contributed by atoms with Crippen LogP contribution in [0.2, 0.25) is 0 Å². The number of piperazine rings is 1. The summed E-state index contributed by atoms with van der Waals surface area (Å²) in [6, 6.07) is 13.6. The fourth-order valence-electron chi connectivity index (χ4n) is 3.21. The van der Waals surface area contributed by atoms with Crippen LogP contribution in [-0.4, -0.2) is 64.4 Å². The molecule has 0 saturated carbocycles. The van der Waals surface area contributed by atoms with E-state index < -0.39 is 0 Å². The van der Waals surface area contributed by atoms with Crippen LogP contribution in [0.5, 0.6) is 5.75 Å². The zero-order chi connectivity index (χ0) is 17.8. The Kier molecular flexibility index (Phi) is 4.84. The highest BCUT2D eigenvalue weighted by molar-refractivity contribution is 5.94. The van der Waals surface area contributed by atoms with Crippen molar-refractivity contribution in [3.05, 3.63) is 66.6 Å².